The quantitative estimate of drug-likeness (QED) is 0.0766. The molecule has 43 heavy (non-hydrogen) atoms. The molecule has 0 aliphatic carbocycles. The fourth-order valence-electron chi connectivity index (χ4n) is 3.09. The Morgan fingerprint density at radius 3 is 0.791 bits per heavy atom. The van der Waals surface area contributed by atoms with E-state index in [0.29, 0.717) is 152 Å². The zero-order valence-corrected chi connectivity index (χ0v) is 27.2. The molecule has 0 aliphatic heterocycles. The number of rotatable bonds is 36. The van der Waals surface area contributed by atoms with Gasteiger partial charge in [-0.2, -0.15) is 0 Å². The summed E-state index contributed by atoms with van der Waals surface area (Å²) in [7, 11) is 0. The van der Waals surface area contributed by atoms with Crippen LogP contribution in [0.5, 0.6) is 5.75 Å². The number of alkyl halides is 1. The third kappa shape index (κ3) is 32.3. The molecule has 13 heteroatoms. The minimum atomic E-state index is 0.514. The molecule has 0 aromatic heterocycles. The Morgan fingerprint density at radius 2 is 0.535 bits per heavy atom. The van der Waals surface area contributed by atoms with Gasteiger partial charge in [0.2, 0.25) is 0 Å². The van der Waals surface area contributed by atoms with Crippen molar-refractivity contribution in [2.24, 2.45) is 0 Å². The first kappa shape index (κ1) is 40.1. The molecule has 252 valence electrons. The smallest absolute Gasteiger partial charge is 0.119 e. The molecule has 0 saturated heterocycles. The maximum Gasteiger partial charge on any atom is 0.119 e. The van der Waals surface area contributed by atoms with Gasteiger partial charge < -0.3 is 56.8 Å². The van der Waals surface area contributed by atoms with Crippen LogP contribution in [0.3, 0.4) is 0 Å². The summed E-state index contributed by atoms with van der Waals surface area (Å²) in [6.45, 7) is 12.3. The highest BCUT2D eigenvalue weighted by Crippen LogP contribution is 2.07. The van der Waals surface area contributed by atoms with Crippen LogP contribution in [0.4, 0.5) is 0 Å². The summed E-state index contributed by atoms with van der Waals surface area (Å²) in [6, 6.07) is 9.67. The van der Waals surface area contributed by atoms with E-state index in [1.54, 1.807) is 0 Å². The average molecular weight is 686 g/mol. The van der Waals surface area contributed by atoms with Crippen molar-refractivity contribution in [3.05, 3.63) is 30.3 Å². The average Bonchev–Trinajstić information content (AvgIpc) is 3.03. The summed E-state index contributed by atoms with van der Waals surface area (Å²) in [5.74, 6) is 0.845. The molecule has 1 aromatic carbocycles. The Labute approximate surface area is 265 Å². The van der Waals surface area contributed by atoms with Gasteiger partial charge in [-0.25, -0.2) is 0 Å². The van der Waals surface area contributed by atoms with E-state index in [4.69, 9.17) is 56.8 Å². The molecule has 1 rings (SSSR count). The van der Waals surface area contributed by atoms with Gasteiger partial charge in [0.15, 0.2) is 0 Å². The second-order valence-electron chi connectivity index (χ2n) is 8.59. The summed E-state index contributed by atoms with van der Waals surface area (Å²) < 4.78 is 65.4. The van der Waals surface area contributed by atoms with Crippen LogP contribution >= 0.6 is 15.9 Å². The Kier molecular flexibility index (Phi) is 33.1. The lowest BCUT2D eigenvalue weighted by atomic mass is 10.3. The summed E-state index contributed by atoms with van der Waals surface area (Å²) in [5, 5.41) is 0.838. The summed E-state index contributed by atoms with van der Waals surface area (Å²) >= 11 is 3.30. The van der Waals surface area contributed by atoms with Gasteiger partial charge in [-0.15, -0.1) is 0 Å². The van der Waals surface area contributed by atoms with Crippen molar-refractivity contribution in [1.82, 2.24) is 0 Å². The number of hydrogen-bond donors (Lipinski definition) is 0. The molecule has 1 aromatic rings. The Morgan fingerprint density at radius 1 is 0.302 bits per heavy atom. The lowest BCUT2D eigenvalue weighted by Crippen LogP contribution is -2.15. The van der Waals surface area contributed by atoms with Crippen molar-refractivity contribution < 1.29 is 56.8 Å². The summed E-state index contributed by atoms with van der Waals surface area (Å²) in [5.41, 5.74) is 0. The van der Waals surface area contributed by atoms with Crippen LogP contribution in [0.15, 0.2) is 30.3 Å². The van der Waals surface area contributed by atoms with Crippen LogP contribution in [-0.4, -0.2) is 157 Å². The zero-order chi connectivity index (χ0) is 30.6. The number of benzene rings is 1. The van der Waals surface area contributed by atoms with Crippen molar-refractivity contribution in [2.75, 3.05) is 157 Å². The second-order valence-corrected chi connectivity index (χ2v) is 9.38. The van der Waals surface area contributed by atoms with Crippen molar-refractivity contribution in [1.29, 1.82) is 0 Å². The maximum absolute atomic E-state index is 5.55. The third-order valence-electron chi connectivity index (χ3n) is 5.18. The van der Waals surface area contributed by atoms with E-state index >= 15 is 0 Å². The molecule has 0 spiro atoms. The van der Waals surface area contributed by atoms with E-state index in [1.807, 2.05) is 30.3 Å². The predicted octanol–water partition coefficient (Wildman–Crippen LogP) is 2.64. The molecule has 0 amide bonds. The topological polar surface area (TPSA) is 111 Å². The van der Waals surface area contributed by atoms with E-state index < -0.39 is 0 Å². The van der Waals surface area contributed by atoms with E-state index in [1.165, 1.54) is 0 Å². The number of hydrogen-bond acceptors (Lipinski definition) is 12. The van der Waals surface area contributed by atoms with E-state index in [2.05, 4.69) is 15.9 Å². The van der Waals surface area contributed by atoms with Gasteiger partial charge in [0.1, 0.15) is 12.4 Å². The predicted molar refractivity (Wildman–Crippen MR) is 165 cm³/mol. The monoisotopic (exact) mass is 684 g/mol. The normalized spacial score (nSPS) is 11.4. The van der Waals surface area contributed by atoms with Crippen LogP contribution in [-0.2, 0) is 52.1 Å². The summed E-state index contributed by atoms with van der Waals surface area (Å²) in [6.07, 6.45) is 0. The SMILES string of the molecule is BrCCOCCOCCOCCOCCOCCOCCOCCOCCOCCOCCOCCOc1ccccc1. The molecule has 0 radical (unpaired) electrons. The molecule has 0 heterocycles. The minimum Gasteiger partial charge on any atom is -0.491 e. The standard InChI is InChI=1S/C30H53BrO12/c31-6-7-32-8-9-33-10-11-34-12-13-35-14-15-36-16-17-37-18-19-38-20-21-39-22-23-40-24-25-41-26-27-42-28-29-43-30-4-2-1-3-5-30/h1-5H,6-29H2. The van der Waals surface area contributed by atoms with Crippen molar-refractivity contribution >= 4 is 15.9 Å². The zero-order valence-electron chi connectivity index (χ0n) is 25.6. The van der Waals surface area contributed by atoms with Gasteiger partial charge in [-0.3, -0.25) is 0 Å². The van der Waals surface area contributed by atoms with Gasteiger partial charge in [0.25, 0.3) is 0 Å². The fraction of sp³-hybridized carbons (Fsp3) is 0.800. The first-order chi connectivity index (χ1) is 21.4. The van der Waals surface area contributed by atoms with Gasteiger partial charge in [0.05, 0.1) is 145 Å². The highest BCUT2D eigenvalue weighted by atomic mass is 79.9. The molecule has 12 nitrogen and oxygen atoms in total. The molecule has 0 bridgehead atoms. The molecule has 0 unspecified atom stereocenters. The van der Waals surface area contributed by atoms with E-state index in [9.17, 15) is 0 Å². The van der Waals surface area contributed by atoms with Crippen LogP contribution < -0.4 is 4.74 Å². The van der Waals surface area contributed by atoms with Crippen molar-refractivity contribution in [3.63, 3.8) is 0 Å². The number of ether oxygens (including phenoxy) is 12. The molecule has 0 N–H and O–H groups in total. The molecule has 0 aliphatic rings. The maximum atomic E-state index is 5.55. The van der Waals surface area contributed by atoms with Crippen LogP contribution in [0.1, 0.15) is 0 Å². The molecule has 0 atom stereocenters. The van der Waals surface area contributed by atoms with Crippen LogP contribution in [0.2, 0.25) is 0 Å². The minimum absolute atomic E-state index is 0.514. The Hall–Kier alpha value is -0.940. The first-order valence-corrected chi connectivity index (χ1v) is 16.1. The number of halogens is 1. The number of para-hydroxylation sites is 1. The van der Waals surface area contributed by atoms with E-state index in [0.717, 1.165) is 11.1 Å². The van der Waals surface area contributed by atoms with Crippen molar-refractivity contribution in [2.45, 2.75) is 0 Å². The lowest BCUT2D eigenvalue weighted by molar-refractivity contribution is -0.0276. The molecular weight excluding hydrogens is 632 g/mol. The van der Waals surface area contributed by atoms with Gasteiger partial charge >= 0.3 is 0 Å². The third-order valence-corrected chi connectivity index (χ3v) is 5.50. The first-order valence-electron chi connectivity index (χ1n) is 15.0. The van der Waals surface area contributed by atoms with Gasteiger partial charge in [-0.05, 0) is 12.1 Å². The van der Waals surface area contributed by atoms with E-state index in [-0.39, 0.29) is 0 Å². The Bertz CT molecular complexity index is 647. The summed E-state index contributed by atoms with van der Waals surface area (Å²) in [4.78, 5) is 0. The Balaban J connectivity index is 1.61. The van der Waals surface area contributed by atoms with Crippen LogP contribution in [0, 0.1) is 0 Å². The molecule has 0 saturated carbocycles. The lowest BCUT2D eigenvalue weighted by Gasteiger charge is -2.09. The van der Waals surface area contributed by atoms with Gasteiger partial charge in [-0.1, -0.05) is 34.1 Å². The van der Waals surface area contributed by atoms with Crippen molar-refractivity contribution in [3.8, 4) is 5.75 Å². The molecular formula is C30H53BrO12. The van der Waals surface area contributed by atoms with Crippen LogP contribution in [0.25, 0.3) is 0 Å². The molecule has 0 fully saturated rings. The second kappa shape index (κ2) is 35.5. The highest BCUT2D eigenvalue weighted by Gasteiger charge is 1.97. The highest BCUT2D eigenvalue weighted by molar-refractivity contribution is 9.09. The fourth-order valence-corrected chi connectivity index (χ4v) is 3.32. The largest absolute Gasteiger partial charge is 0.491 e. The van der Waals surface area contributed by atoms with Gasteiger partial charge in [0, 0.05) is 5.33 Å².